The van der Waals surface area contributed by atoms with Gasteiger partial charge >= 0.3 is 0 Å². The molecule has 3 N–H and O–H groups in total. The molecule has 162 valence electrons. The largest absolute Gasteiger partial charge is 0.383 e. The van der Waals surface area contributed by atoms with E-state index in [0.717, 1.165) is 30.3 Å². The van der Waals surface area contributed by atoms with Crippen LogP contribution in [-0.2, 0) is 11.3 Å². The number of methoxy groups -OCH3 is 1. The second-order valence-corrected chi connectivity index (χ2v) is 7.21. The van der Waals surface area contributed by atoms with Crippen LogP contribution in [0.5, 0.6) is 0 Å². The van der Waals surface area contributed by atoms with Crippen LogP contribution in [0.25, 0.3) is 0 Å². The van der Waals surface area contributed by atoms with Crippen LogP contribution in [0.4, 0.5) is 20.2 Å². The van der Waals surface area contributed by atoms with Gasteiger partial charge in [-0.1, -0.05) is 12.1 Å². The van der Waals surface area contributed by atoms with Gasteiger partial charge in [-0.15, -0.1) is 0 Å². The van der Waals surface area contributed by atoms with E-state index in [9.17, 15) is 8.78 Å². The quantitative estimate of drug-likeness (QED) is 0.350. The Balaban J connectivity index is 1.47. The van der Waals surface area contributed by atoms with Gasteiger partial charge in [-0.3, -0.25) is 4.99 Å². The van der Waals surface area contributed by atoms with Gasteiger partial charge in [0.05, 0.1) is 12.3 Å². The predicted molar refractivity (Wildman–Crippen MR) is 117 cm³/mol. The summed E-state index contributed by atoms with van der Waals surface area (Å²) in [5, 5.41) is 9.99. The fourth-order valence-electron chi connectivity index (χ4n) is 3.45. The zero-order chi connectivity index (χ0) is 21.3. The van der Waals surface area contributed by atoms with E-state index in [4.69, 9.17) is 4.74 Å². The van der Waals surface area contributed by atoms with E-state index in [1.807, 2.05) is 17.0 Å². The Kier molecular flexibility index (Phi) is 7.84. The molecule has 2 aromatic carbocycles. The number of anilines is 2. The van der Waals surface area contributed by atoms with Crippen LogP contribution in [0.1, 0.15) is 12.0 Å². The smallest absolute Gasteiger partial charge is 0.191 e. The molecule has 3 rings (SSSR count). The van der Waals surface area contributed by atoms with Crippen molar-refractivity contribution < 1.29 is 13.5 Å². The lowest BCUT2D eigenvalue weighted by atomic mass is 10.2. The van der Waals surface area contributed by atoms with Gasteiger partial charge in [0.2, 0.25) is 0 Å². The topological polar surface area (TPSA) is 60.9 Å². The summed E-state index contributed by atoms with van der Waals surface area (Å²) in [6.45, 7) is 3.41. The molecule has 0 bridgehead atoms. The number of aliphatic imine (C=N–C) groups is 1. The number of benzene rings is 2. The Morgan fingerprint density at radius 1 is 1.20 bits per heavy atom. The van der Waals surface area contributed by atoms with E-state index in [1.165, 1.54) is 12.1 Å². The van der Waals surface area contributed by atoms with Crippen molar-refractivity contribution >= 4 is 17.3 Å². The van der Waals surface area contributed by atoms with Gasteiger partial charge in [-0.05, 0) is 36.2 Å². The summed E-state index contributed by atoms with van der Waals surface area (Å²) in [7, 11) is 3.41. The van der Waals surface area contributed by atoms with Crippen molar-refractivity contribution in [3.8, 4) is 0 Å². The Bertz CT molecular complexity index is 844. The molecule has 30 heavy (non-hydrogen) atoms. The van der Waals surface area contributed by atoms with Crippen LogP contribution in [-0.4, -0.2) is 52.4 Å². The second-order valence-electron chi connectivity index (χ2n) is 7.21. The Morgan fingerprint density at radius 2 is 2.00 bits per heavy atom. The summed E-state index contributed by atoms with van der Waals surface area (Å²) in [5.41, 5.74) is 2.62. The average molecular weight is 418 g/mol. The molecule has 0 radical (unpaired) electrons. The van der Waals surface area contributed by atoms with E-state index in [1.54, 1.807) is 14.2 Å². The van der Waals surface area contributed by atoms with E-state index in [0.29, 0.717) is 37.9 Å². The third-order valence-corrected chi connectivity index (χ3v) is 5.05. The molecule has 2 aromatic rings. The maximum Gasteiger partial charge on any atom is 0.191 e. The zero-order valence-electron chi connectivity index (χ0n) is 17.4. The maximum absolute atomic E-state index is 14.0. The van der Waals surface area contributed by atoms with Crippen molar-refractivity contribution in [2.45, 2.75) is 19.0 Å². The number of rotatable bonds is 8. The molecule has 8 heteroatoms. The highest BCUT2D eigenvalue weighted by atomic mass is 19.1. The fraction of sp³-hybridized carbons (Fsp3) is 0.409. The van der Waals surface area contributed by atoms with Gasteiger partial charge in [0.1, 0.15) is 11.6 Å². The molecular weight excluding hydrogens is 388 g/mol. The average Bonchev–Trinajstić information content (AvgIpc) is 3.20. The third-order valence-electron chi connectivity index (χ3n) is 5.05. The van der Waals surface area contributed by atoms with Crippen LogP contribution >= 0.6 is 0 Å². The van der Waals surface area contributed by atoms with Crippen LogP contribution in [0.3, 0.4) is 0 Å². The minimum atomic E-state index is -0.562. The molecular formula is C22H29F2N5O. The molecule has 0 aliphatic carbocycles. The number of nitrogens with one attached hydrogen (secondary N) is 3. The molecule has 0 saturated carbocycles. The van der Waals surface area contributed by atoms with Crippen LogP contribution in [0, 0.1) is 11.6 Å². The van der Waals surface area contributed by atoms with Gasteiger partial charge in [-0.25, -0.2) is 8.78 Å². The Morgan fingerprint density at radius 3 is 2.70 bits per heavy atom. The molecule has 1 aliphatic rings. The van der Waals surface area contributed by atoms with Crippen molar-refractivity contribution in [2.24, 2.45) is 4.99 Å². The summed E-state index contributed by atoms with van der Waals surface area (Å²) >= 11 is 0. The predicted octanol–water partition coefficient (Wildman–Crippen LogP) is 2.97. The van der Waals surface area contributed by atoms with E-state index >= 15 is 0 Å². The fourth-order valence-corrected chi connectivity index (χ4v) is 3.45. The van der Waals surface area contributed by atoms with Crippen LogP contribution < -0.4 is 20.9 Å². The number of hydrogen-bond donors (Lipinski definition) is 3. The highest BCUT2D eigenvalue weighted by Crippen LogP contribution is 2.24. The van der Waals surface area contributed by atoms with Gasteiger partial charge < -0.3 is 25.6 Å². The van der Waals surface area contributed by atoms with Crippen molar-refractivity contribution in [1.29, 1.82) is 0 Å². The molecule has 1 atom stereocenters. The minimum absolute atomic E-state index is 0.132. The summed E-state index contributed by atoms with van der Waals surface area (Å²) in [5.74, 6) is -0.393. The van der Waals surface area contributed by atoms with E-state index in [-0.39, 0.29) is 6.04 Å². The molecule has 1 fully saturated rings. The van der Waals surface area contributed by atoms with Crippen LogP contribution in [0.15, 0.2) is 47.5 Å². The summed E-state index contributed by atoms with van der Waals surface area (Å²) < 4.78 is 32.2. The second kappa shape index (κ2) is 10.8. The maximum atomic E-state index is 14.0. The van der Waals surface area contributed by atoms with Gasteiger partial charge in [0, 0.05) is 58.1 Å². The number of hydrogen-bond acceptors (Lipinski definition) is 4. The lowest BCUT2D eigenvalue weighted by Gasteiger charge is -2.21. The van der Waals surface area contributed by atoms with Gasteiger partial charge in [-0.2, -0.15) is 0 Å². The monoisotopic (exact) mass is 417 g/mol. The molecule has 1 heterocycles. The first-order chi connectivity index (χ1) is 14.6. The summed E-state index contributed by atoms with van der Waals surface area (Å²) in [6.07, 6.45) is 0.847. The Hall–Kier alpha value is -2.87. The molecule has 1 aliphatic heterocycles. The van der Waals surface area contributed by atoms with Gasteiger partial charge in [0.25, 0.3) is 0 Å². The van der Waals surface area contributed by atoms with E-state index < -0.39 is 11.6 Å². The summed E-state index contributed by atoms with van der Waals surface area (Å²) in [6, 6.07) is 12.0. The first-order valence-corrected chi connectivity index (χ1v) is 10.1. The van der Waals surface area contributed by atoms with Crippen molar-refractivity contribution in [1.82, 2.24) is 10.6 Å². The minimum Gasteiger partial charge on any atom is -0.383 e. The molecule has 6 nitrogen and oxygen atoms in total. The van der Waals surface area contributed by atoms with Crippen molar-refractivity contribution in [3.05, 3.63) is 59.7 Å². The first kappa shape index (κ1) is 21.8. The number of nitrogens with zero attached hydrogens (tertiary/aromatic N) is 2. The first-order valence-electron chi connectivity index (χ1n) is 10.1. The van der Waals surface area contributed by atoms with Gasteiger partial charge in [0.15, 0.2) is 5.96 Å². The van der Waals surface area contributed by atoms with E-state index in [2.05, 4.69) is 33.1 Å². The lowest BCUT2D eigenvalue weighted by molar-refractivity contribution is 0.211. The molecule has 0 amide bonds. The molecule has 1 unspecified atom stereocenters. The molecule has 1 saturated heterocycles. The normalized spacial score (nSPS) is 16.6. The highest BCUT2D eigenvalue weighted by molar-refractivity contribution is 5.80. The van der Waals surface area contributed by atoms with Crippen molar-refractivity contribution in [3.63, 3.8) is 0 Å². The highest BCUT2D eigenvalue weighted by Gasteiger charge is 2.25. The lowest BCUT2D eigenvalue weighted by Crippen LogP contribution is -2.44. The number of guanidine groups is 1. The zero-order valence-corrected chi connectivity index (χ0v) is 17.4. The van der Waals surface area contributed by atoms with Crippen molar-refractivity contribution in [2.75, 3.05) is 50.6 Å². The Labute approximate surface area is 176 Å². The van der Waals surface area contributed by atoms with Crippen LogP contribution in [0.2, 0.25) is 0 Å². The number of halogens is 2. The molecule has 0 aromatic heterocycles. The standard InChI is InChI=1S/C22H29F2N5O/c1-25-22(27-14-16-3-6-18(7-4-16)26-10-12-30-2)28-19-9-11-29(15-19)21-8-5-17(23)13-20(21)24/h3-8,13,19,26H,9-12,14-15H2,1-2H3,(H2,25,27,28). The third kappa shape index (κ3) is 6.06. The SMILES string of the molecule is CN=C(NCc1ccc(NCCOC)cc1)NC1CCN(c2ccc(F)cc2F)C1. The molecule has 0 spiro atoms. The number of ether oxygens (including phenoxy) is 1. The summed E-state index contributed by atoms with van der Waals surface area (Å²) in [4.78, 5) is 6.21.